The summed E-state index contributed by atoms with van der Waals surface area (Å²) in [5.74, 6) is 0. The molecule has 0 aromatic heterocycles. The lowest BCUT2D eigenvalue weighted by Gasteiger charge is -2.51. The van der Waals surface area contributed by atoms with Gasteiger partial charge in [-0.05, 0) is 70.2 Å². The van der Waals surface area contributed by atoms with Crippen LogP contribution in [0.5, 0.6) is 0 Å². The van der Waals surface area contributed by atoms with Gasteiger partial charge in [-0.1, -0.05) is 90.5 Å². The van der Waals surface area contributed by atoms with Crippen molar-refractivity contribution in [3.8, 4) is 0 Å². The summed E-state index contributed by atoms with van der Waals surface area (Å²) in [6, 6.07) is 16.9. The molecular formula is C48H90N14. The lowest BCUT2D eigenvalue weighted by atomic mass is 9.95. The van der Waals surface area contributed by atoms with Crippen LogP contribution in [0.1, 0.15) is 90.5 Å². The van der Waals surface area contributed by atoms with Crippen molar-refractivity contribution in [3.63, 3.8) is 0 Å². The summed E-state index contributed by atoms with van der Waals surface area (Å²) in [4.78, 5) is 31.5. The van der Waals surface area contributed by atoms with Crippen molar-refractivity contribution >= 4 is 22.7 Å². The van der Waals surface area contributed by atoms with Crippen LogP contribution >= 0.6 is 0 Å². The Morgan fingerprint density at radius 1 is 0.323 bits per heavy atom. The molecule has 4 aliphatic heterocycles. The van der Waals surface area contributed by atoms with Crippen LogP contribution in [0.15, 0.2) is 48.5 Å². The maximum Gasteiger partial charge on any atom is 0.0741 e. The molecule has 0 amide bonds. The molecule has 4 N–H and O–H groups in total. The molecule has 0 aliphatic carbocycles. The van der Waals surface area contributed by atoms with E-state index >= 15 is 0 Å². The predicted molar refractivity (Wildman–Crippen MR) is 262 cm³/mol. The highest BCUT2D eigenvalue weighted by molar-refractivity contribution is 5.54. The van der Waals surface area contributed by atoms with Gasteiger partial charge in [-0.3, -0.25) is 49.0 Å². The van der Waals surface area contributed by atoms with Crippen LogP contribution in [0.4, 0.5) is 22.7 Å². The molecule has 4 heterocycles. The molecule has 14 heteroatoms. The highest BCUT2D eigenvalue weighted by atomic mass is 15.6. The van der Waals surface area contributed by atoms with Gasteiger partial charge in [0.05, 0.1) is 100 Å². The summed E-state index contributed by atoms with van der Waals surface area (Å²) in [5, 5.41) is 0. The van der Waals surface area contributed by atoms with Gasteiger partial charge in [0.1, 0.15) is 0 Å². The number of nitrogen functional groups attached to an aromatic ring is 2. The highest BCUT2D eigenvalue weighted by Crippen LogP contribution is 2.27. The quantitative estimate of drug-likeness (QED) is 0.230. The minimum atomic E-state index is 0. The van der Waals surface area contributed by atoms with Gasteiger partial charge in [-0.25, -0.2) is 0 Å². The third-order valence-corrected chi connectivity index (χ3v) is 11.2. The van der Waals surface area contributed by atoms with Crippen LogP contribution in [0, 0.1) is 21.7 Å². The molecule has 0 spiro atoms. The van der Waals surface area contributed by atoms with Crippen molar-refractivity contribution < 1.29 is 0 Å². The Morgan fingerprint density at radius 3 is 0.742 bits per heavy atom. The fourth-order valence-electron chi connectivity index (χ4n) is 9.93. The van der Waals surface area contributed by atoms with E-state index in [-0.39, 0.29) is 29.1 Å². The summed E-state index contributed by atoms with van der Waals surface area (Å²) >= 11 is 0. The fraction of sp³-hybridized carbons (Fsp3) is 0.750. The molecule has 4 fully saturated rings. The minimum Gasteiger partial charge on any atom is -0.399 e. The van der Waals surface area contributed by atoms with Gasteiger partial charge in [-0.2, -0.15) is 0 Å². The zero-order valence-electron chi connectivity index (χ0n) is 40.6. The smallest absolute Gasteiger partial charge is 0.0741 e. The zero-order chi connectivity index (χ0) is 44.3. The predicted octanol–water partition coefficient (Wildman–Crippen LogP) is 6.42. The SMILES string of the molecule is C.CC(C)(C)CN1CN(CN2CN(CN3CN(CN4CN(CC(C)(C)C)CN(CC(C)(C)C)C4)CN(c4ccc(N)cc4)C3)CN(c3ccc(N)cc3)C2)CN(CC(C)(C)C)C1. The number of hydrogen-bond donors (Lipinski definition) is 2. The maximum absolute atomic E-state index is 6.20. The van der Waals surface area contributed by atoms with Crippen LogP contribution in [0.3, 0.4) is 0 Å². The van der Waals surface area contributed by atoms with Crippen molar-refractivity contribution in [2.75, 3.05) is 147 Å². The van der Waals surface area contributed by atoms with Gasteiger partial charge in [0.2, 0.25) is 0 Å². The maximum atomic E-state index is 6.20. The van der Waals surface area contributed by atoms with E-state index in [0.717, 1.165) is 138 Å². The van der Waals surface area contributed by atoms with Crippen LogP contribution in [-0.2, 0) is 0 Å². The van der Waals surface area contributed by atoms with Gasteiger partial charge in [0.25, 0.3) is 0 Å². The van der Waals surface area contributed by atoms with E-state index in [0.29, 0.717) is 0 Å². The largest absolute Gasteiger partial charge is 0.399 e. The molecule has 2 aromatic rings. The first-order valence-electron chi connectivity index (χ1n) is 22.8. The summed E-state index contributed by atoms with van der Waals surface area (Å²) < 4.78 is 0. The molecule has 2 aromatic carbocycles. The molecule has 0 atom stereocenters. The molecule has 4 saturated heterocycles. The first-order valence-corrected chi connectivity index (χ1v) is 22.8. The van der Waals surface area contributed by atoms with E-state index in [1.165, 1.54) is 11.4 Å². The molecule has 62 heavy (non-hydrogen) atoms. The van der Waals surface area contributed by atoms with Gasteiger partial charge >= 0.3 is 0 Å². The Hall–Kier alpha value is -2.76. The second kappa shape index (κ2) is 20.6. The second-order valence-electron chi connectivity index (χ2n) is 24.0. The fourth-order valence-corrected chi connectivity index (χ4v) is 9.93. The average molecular weight is 863 g/mol. The van der Waals surface area contributed by atoms with Crippen LogP contribution < -0.4 is 21.3 Å². The zero-order valence-corrected chi connectivity index (χ0v) is 40.6. The van der Waals surface area contributed by atoms with E-state index in [1.807, 2.05) is 24.3 Å². The summed E-state index contributed by atoms with van der Waals surface area (Å²) in [6.07, 6.45) is 0. The Kier molecular flexibility index (Phi) is 16.7. The number of nitrogens with two attached hydrogens (primary N) is 2. The lowest BCUT2D eigenvalue weighted by Crippen LogP contribution is -2.65. The second-order valence-corrected chi connectivity index (χ2v) is 24.0. The van der Waals surface area contributed by atoms with Crippen molar-refractivity contribution in [1.29, 1.82) is 0 Å². The Bertz CT molecular complexity index is 1470. The molecule has 4 aliphatic rings. The standard InChI is InChI=1S/C47H86N14.CH4/c1-44(2,3)21-50-25-51(22-45(4,5)6)28-54(27-50)31-56-33-58(38-60(36-56)42-17-13-40(48)14-18-42)35-59-34-57(37-61(39-59)43-19-15-41(49)16-20-43)32-55-29-52(23-46(7,8)9)26-53(30-55)24-47(10,11)12;/h13-20H,21-39,48-49H2,1-12H3;1H4. The normalized spacial score (nSPS) is 21.8. The van der Waals surface area contributed by atoms with E-state index in [1.54, 1.807) is 0 Å². The lowest BCUT2D eigenvalue weighted by molar-refractivity contribution is -0.0932. The summed E-state index contributed by atoms with van der Waals surface area (Å²) in [7, 11) is 0. The highest BCUT2D eigenvalue weighted by Gasteiger charge is 2.35. The third kappa shape index (κ3) is 16.3. The summed E-state index contributed by atoms with van der Waals surface area (Å²) in [5.41, 5.74) is 17.4. The van der Waals surface area contributed by atoms with E-state index in [9.17, 15) is 0 Å². The number of anilines is 4. The molecule has 0 radical (unpaired) electrons. The molecular weight excluding hydrogens is 773 g/mol. The topological polar surface area (TPSA) is 90.9 Å². The summed E-state index contributed by atoms with van der Waals surface area (Å²) in [6.45, 7) is 46.4. The van der Waals surface area contributed by atoms with Gasteiger partial charge in [-0.15, -0.1) is 0 Å². The number of rotatable bonds is 12. The monoisotopic (exact) mass is 863 g/mol. The van der Waals surface area contributed by atoms with Crippen LogP contribution in [0.2, 0.25) is 0 Å². The van der Waals surface area contributed by atoms with E-state index < -0.39 is 0 Å². The molecule has 0 saturated carbocycles. The number of hydrogen-bond acceptors (Lipinski definition) is 14. The first kappa shape index (κ1) is 50.2. The van der Waals surface area contributed by atoms with Crippen LogP contribution in [0.25, 0.3) is 0 Å². The third-order valence-electron chi connectivity index (χ3n) is 11.2. The van der Waals surface area contributed by atoms with Crippen molar-refractivity contribution in [2.24, 2.45) is 21.7 Å². The van der Waals surface area contributed by atoms with E-state index in [4.69, 9.17) is 11.5 Å². The van der Waals surface area contributed by atoms with Crippen molar-refractivity contribution in [3.05, 3.63) is 48.5 Å². The Balaban J connectivity index is 0.00000726. The Labute approximate surface area is 378 Å². The molecule has 352 valence electrons. The molecule has 6 rings (SSSR count). The molecule has 14 nitrogen and oxygen atoms in total. The van der Waals surface area contributed by atoms with Gasteiger partial charge in [0, 0.05) is 48.9 Å². The van der Waals surface area contributed by atoms with Crippen molar-refractivity contribution in [2.45, 2.75) is 90.5 Å². The molecule has 0 bridgehead atoms. The first-order chi connectivity index (χ1) is 28.4. The average Bonchev–Trinajstić information content (AvgIpc) is 3.09. The Morgan fingerprint density at radius 2 is 0.516 bits per heavy atom. The molecule has 0 unspecified atom stereocenters. The minimum absolute atomic E-state index is 0. The van der Waals surface area contributed by atoms with Gasteiger partial charge < -0.3 is 21.3 Å². The van der Waals surface area contributed by atoms with Crippen LogP contribution in [-0.4, -0.2) is 175 Å². The van der Waals surface area contributed by atoms with Gasteiger partial charge in [0.15, 0.2) is 0 Å². The number of benzene rings is 2. The number of nitrogens with zero attached hydrogens (tertiary/aromatic N) is 12. The van der Waals surface area contributed by atoms with Crippen molar-refractivity contribution in [1.82, 2.24) is 49.0 Å². The van der Waals surface area contributed by atoms with E-state index in [2.05, 4.69) is 166 Å².